The topological polar surface area (TPSA) is 129 Å². The summed E-state index contributed by atoms with van der Waals surface area (Å²) in [5, 5.41) is 4.02. The average Bonchev–Trinajstić information content (AvgIpc) is 3.45. The molecule has 1 spiro atoms. The lowest BCUT2D eigenvalue weighted by Crippen LogP contribution is -2.48. The van der Waals surface area contributed by atoms with Gasteiger partial charge in [-0.3, -0.25) is 4.79 Å². The molecule has 4 atom stereocenters. The van der Waals surface area contributed by atoms with E-state index in [9.17, 15) is 4.79 Å². The van der Waals surface area contributed by atoms with Crippen LogP contribution in [0, 0.1) is 6.92 Å². The summed E-state index contributed by atoms with van der Waals surface area (Å²) in [6, 6.07) is 7.80. The number of amides is 1. The zero-order valence-corrected chi connectivity index (χ0v) is 21.6. The van der Waals surface area contributed by atoms with E-state index in [0.29, 0.717) is 23.7 Å². The Hall–Kier alpha value is -2.79. The fourth-order valence-electron chi connectivity index (χ4n) is 5.50. The molecule has 1 amide bonds. The molecule has 36 heavy (non-hydrogen) atoms. The second-order valence-corrected chi connectivity index (χ2v) is 11.3. The smallest absolute Gasteiger partial charge is 0.263 e. The van der Waals surface area contributed by atoms with E-state index in [1.807, 2.05) is 39.0 Å². The van der Waals surface area contributed by atoms with E-state index in [1.165, 1.54) is 11.3 Å². The lowest BCUT2D eigenvalue weighted by atomic mass is 9.91. The van der Waals surface area contributed by atoms with E-state index in [1.54, 1.807) is 0 Å². The van der Waals surface area contributed by atoms with Gasteiger partial charge in [-0.2, -0.15) is 0 Å². The Morgan fingerprint density at radius 1 is 1.19 bits per heavy atom. The summed E-state index contributed by atoms with van der Waals surface area (Å²) in [6.07, 6.45) is 2.39. The van der Waals surface area contributed by atoms with Gasteiger partial charge in [-0.25, -0.2) is 9.97 Å². The first-order chi connectivity index (χ1) is 17.2. The van der Waals surface area contributed by atoms with Gasteiger partial charge < -0.3 is 31.2 Å². The second-order valence-electron chi connectivity index (χ2n) is 10.3. The third-order valence-electron chi connectivity index (χ3n) is 7.67. The first kappa shape index (κ1) is 23.6. The van der Waals surface area contributed by atoms with Gasteiger partial charge in [0.2, 0.25) is 5.79 Å². The number of nitrogens with two attached hydrogens (primary N) is 2. The Morgan fingerprint density at radius 2 is 1.97 bits per heavy atom. The van der Waals surface area contributed by atoms with Gasteiger partial charge in [-0.05, 0) is 63.8 Å². The predicted octanol–water partition coefficient (Wildman–Crippen LogP) is 2.54. The van der Waals surface area contributed by atoms with Crippen molar-refractivity contribution < 1.29 is 14.3 Å². The monoisotopic (exact) mass is 508 g/mol. The molecule has 0 radical (unpaired) electrons. The number of carbonyl (C=O) groups is 1. The van der Waals surface area contributed by atoms with Crippen LogP contribution >= 0.6 is 11.3 Å². The summed E-state index contributed by atoms with van der Waals surface area (Å²) in [6.45, 7) is 7.18. The van der Waals surface area contributed by atoms with Crippen molar-refractivity contribution in [2.24, 2.45) is 5.73 Å². The van der Waals surface area contributed by atoms with Gasteiger partial charge in [0.25, 0.3) is 5.91 Å². The molecule has 4 unspecified atom stereocenters. The number of hydrogen-bond donors (Lipinski definition) is 3. The standard InChI is InChI=1S/C26H32N6O3S/c1-13-4-7-18-22(28)23(36-25(18)29-13)24(33)30-17-6-8-19-16(10-17)5-9-21(31-19)32-11-20(27)26(12-32)34-14(2)15(3)35-26/h4-5,7,9,14-15,17,20H,6,8,10-12,27-28H2,1-3H3,(H,30,33). The molecule has 2 saturated heterocycles. The third kappa shape index (κ3) is 3.92. The maximum absolute atomic E-state index is 13.1. The fraction of sp³-hybridized carbons (Fsp3) is 0.500. The van der Waals surface area contributed by atoms with Gasteiger partial charge in [-0.1, -0.05) is 6.07 Å². The first-order valence-corrected chi connectivity index (χ1v) is 13.4. The molecule has 3 aromatic heterocycles. The van der Waals surface area contributed by atoms with Crippen LogP contribution in [0.2, 0.25) is 0 Å². The number of rotatable bonds is 3. The fourth-order valence-corrected chi connectivity index (χ4v) is 6.55. The molecule has 5 heterocycles. The molecular weight excluding hydrogens is 476 g/mol. The number of hydrogen-bond acceptors (Lipinski definition) is 9. The summed E-state index contributed by atoms with van der Waals surface area (Å²) in [7, 11) is 0. The highest BCUT2D eigenvalue weighted by Crippen LogP contribution is 2.38. The molecule has 0 saturated carbocycles. The molecule has 9 nitrogen and oxygen atoms in total. The molecule has 2 fully saturated rings. The lowest BCUT2D eigenvalue weighted by molar-refractivity contribution is -0.164. The maximum atomic E-state index is 13.1. The molecule has 6 rings (SSSR count). The van der Waals surface area contributed by atoms with Crippen molar-refractivity contribution in [1.29, 1.82) is 0 Å². The summed E-state index contributed by atoms with van der Waals surface area (Å²) >= 11 is 1.35. The minimum absolute atomic E-state index is 0.0166. The largest absolute Gasteiger partial charge is 0.397 e. The van der Waals surface area contributed by atoms with Crippen LogP contribution in [0.1, 0.15) is 46.9 Å². The molecule has 3 aliphatic rings. The molecule has 190 valence electrons. The number of anilines is 2. The van der Waals surface area contributed by atoms with Gasteiger partial charge in [0.05, 0.1) is 30.5 Å². The van der Waals surface area contributed by atoms with Crippen LogP contribution in [0.5, 0.6) is 0 Å². The number of thiophene rings is 1. The van der Waals surface area contributed by atoms with E-state index in [0.717, 1.165) is 52.2 Å². The lowest BCUT2D eigenvalue weighted by Gasteiger charge is -2.27. The highest BCUT2D eigenvalue weighted by atomic mass is 32.1. The van der Waals surface area contributed by atoms with Gasteiger partial charge in [-0.15, -0.1) is 11.3 Å². The van der Waals surface area contributed by atoms with Crippen molar-refractivity contribution in [3.05, 3.63) is 46.1 Å². The number of ether oxygens (including phenoxy) is 2. The van der Waals surface area contributed by atoms with Crippen molar-refractivity contribution in [3.8, 4) is 0 Å². The first-order valence-electron chi connectivity index (χ1n) is 12.5. The Morgan fingerprint density at radius 3 is 2.75 bits per heavy atom. The number of aryl methyl sites for hydroxylation is 2. The highest BCUT2D eigenvalue weighted by Gasteiger charge is 2.54. The Balaban J connectivity index is 1.14. The SMILES string of the molecule is Cc1ccc2c(N)c(C(=O)NC3CCc4nc(N5CC(N)C6(C5)OC(C)C(C)O6)ccc4C3)sc2n1. The van der Waals surface area contributed by atoms with Gasteiger partial charge >= 0.3 is 0 Å². The zero-order chi connectivity index (χ0) is 25.2. The van der Waals surface area contributed by atoms with Gasteiger partial charge in [0, 0.05) is 29.4 Å². The molecule has 1 aliphatic carbocycles. The van der Waals surface area contributed by atoms with Crippen LogP contribution in [-0.2, 0) is 22.3 Å². The summed E-state index contributed by atoms with van der Waals surface area (Å²) < 4.78 is 12.3. The van der Waals surface area contributed by atoms with Crippen molar-refractivity contribution in [3.63, 3.8) is 0 Å². The Kier molecular flexibility index (Phi) is 5.67. The average molecular weight is 509 g/mol. The van der Waals surface area contributed by atoms with E-state index >= 15 is 0 Å². The number of aromatic nitrogens is 2. The van der Waals surface area contributed by atoms with Crippen LogP contribution in [0.4, 0.5) is 11.5 Å². The summed E-state index contributed by atoms with van der Waals surface area (Å²) in [4.78, 5) is 26.0. The van der Waals surface area contributed by atoms with E-state index in [2.05, 4.69) is 21.3 Å². The van der Waals surface area contributed by atoms with Gasteiger partial charge in [0.1, 0.15) is 15.5 Å². The molecule has 3 aromatic rings. The number of nitrogens with zero attached hydrogens (tertiary/aromatic N) is 3. The van der Waals surface area contributed by atoms with E-state index < -0.39 is 5.79 Å². The van der Waals surface area contributed by atoms with Crippen LogP contribution in [0.25, 0.3) is 10.2 Å². The Bertz CT molecular complexity index is 1330. The molecule has 0 bridgehead atoms. The zero-order valence-electron chi connectivity index (χ0n) is 20.8. The number of pyridine rings is 2. The van der Waals surface area contributed by atoms with Crippen molar-refractivity contribution in [2.45, 2.75) is 70.1 Å². The van der Waals surface area contributed by atoms with Crippen molar-refractivity contribution in [2.75, 3.05) is 23.7 Å². The van der Waals surface area contributed by atoms with Crippen LogP contribution in [-0.4, -0.2) is 59.0 Å². The number of carbonyl (C=O) groups excluding carboxylic acids is 1. The van der Waals surface area contributed by atoms with Crippen LogP contribution < -0.4 is 21.7 Å². The predicted molar refractivity (Wildman–Crippen MR) is 140 cm³/mol. The normalized spacial score (nSPS) is 29.7. The number of fused-ring (bicyclic) bond motifs is 2. The van der Waals surface area contributed by atoms with Gasteiger partial charge in [0.15, 0.2) is 0 Å². The quantitative estimate of drug-likeness (QED) is 0.492. The van der Waals surface area contributed by atoms with E-state index in [-0.39, 0.29) is 30.2 Å². The second kappa shape index (κ2) is 8.65. The summed E-state index contributed by atoms with van der Waals surface area (Å²) in [5.41, 5.74) is 16.4. The van der Waals surface area contributed by atoms with Crippen molar-refractivity contribution >= 4 is 39.0 Å². The molecule has 0 aromatic carbocycles. The summed E-state index contributed by atoms with van der Waals surface area (Å²) in [5.74, 6) is -0.0135. The minimum atomic E-state index is -0.769. The Labute approximate surface area is 214 Å². The number of nitrogen functional groups attached to an aromatic ring is 1. The van der Waals surface area contributed by atoms with Crippen molar-refractivity contribution in [1.82, 2.24) is 15.3 Å². The molecule has 5 N–H and O–H groups in total. The third-order valence-corrected chi connectivity index (χ3v) is 8.79. The molecule has 2 aliphatic heterocycles. The molecular formula is C26H32N6O3S. The highest BCUT2D eigenvalue weighted by molar-refractivity contribution is 7.21. The van der Waals surface area contributed by atoms with Crippen LogP contribution in [0.15, 0.2) is 24.3 Å². The van der Waals surface area contributed by atoms with E-state index in [4.69, 9.17) is 25.9 Å². The minimum Gasteiger partial charge on any atom is -0.397 e. The maximum Gasteiger partial charge on any atom is 0.263 e. The molecule has 10 heteroatoms. The number of nitrogens with one attached hydrogen (secondary N) is 1. The van der Waals surface area contributed by atoms with Crippen LogP contribution in [0.3, 0.4) is 0 Å².